The topological polar surface area (TPSA) is 81.1 Å². The molecule has 1 amide bonds. The van der Waals surface area contributed by atoms with Gasteiger partial charge < -0.3 is 16.8 Å². The molecule has 0 radical (unpaired) electrons. The number of benzene rings is 1. The number of nitrogen functional groups attached to an aromatic ring is 1. The van der Waals surface area contributed by atoms with Gasteiger partial charge in [-0.2, -0.15) is 0 Å². The monoisotopic (exact) mass is 247 g/mol. The third kappa shape index (κ3) is 2.28. The summed E-state index contributed by atoms with van der Waals surface area (Å²) in [6, 6.07) is 5.34. The first-order valence-electron chi connectivity index (χ1n) is 6.38. The Balaban J connectivity index is 2.11. The Labute approximate surface area is 108 Å². The Hall–Kier alpha value is -1.71. The molecule has 2 rings (SSSR count). The molecule has 1 saturated carbocycles. The van der Waals surface area contributed by atoms with E-state index < -0.39 is 5.91 Å². The Bertz CT molecular complexity index is 464. The molecule has 1 fully saturated rings. The maximum Gasteiger partial charge on any atom is 0.250 e. The molecule has 0 heterocycles. The summed E-state index contributed by atoms with van der Waals surface area (Å²) in [4.78, 5) is 11.2. The van der Waals surface area contributed by atoms with E-state index in [-0.39, 0.29) is 0 Å². The third-order valence-corrected chi connectivity index (χ3v) is 4.12. The fraction of sp³-hybridized carbons (Fsp3) is 0.500. The average Bonchev–Trinajstić information content (AvgIpc) is 3.08. The van der Waals surface area contributed by atoms with Crippen molar-refractivity contribution in [3.8, 4) is 0 Å². The predicted octanol–water partition coefficient (Wildman–Crippen LogP) is 2.22. The lowest BCUT2D eigenvalue weighted by Crippen LogP contribution is -2.22. The van der Waals surface area contributed by atoms with Gasteiger partial charge in [-0.15, -0.1) is 0 Å². The lowest BCUT2D eigenvalue weighted by molar-refractivity contribution is 0.100. The van der Waals surface area contributed by atoms with Gasteiger partial charge in [0.1, 0.15) is 0 Å². The number of nitrogens with one attached hydrogen (secondary N) is 1. The van der Waals surface area contributed by atoms with Crippen molar-refractivity contribution in [2.24, 2.45) is 17.1 Å². The van der Waals surface area contributed by atoms with Gasteiger partial charge in [-0.05, 0) is 36.3 Å². The summed E-state index contributed by atoms with van der Waals surface area (Å²) >= 11 is 0. The molecular weight excluding hydrogens is 226 g/mol. The molecule has 4 heteroatoms. The van der Waals surface area contributed by atoms with Crippen LogP contribution < -0.4 is 16.8 Å². The Kier molecular flexibility index (Phi) is 3.20. The Morgan fingerprint density at radius 3 is 2.61 bits per heavy atom. The van der Waals surface area contributed by atoms with Crippen LogP contribution in [0.1, 0.15) is 37.0 Å². The van der Waals surface area contributed by atoms with E-state index in [1.807, 2.05) is 6.07 Å². The molecule has 0 bridgehead atoms. The van der Waals surface area contributed by atoms with Gasteiger partial charge in [0, 0.05) is 6.54 Å². The lowest BCUT2D eigenvalue weighted by Gasteiger charge is -2.21. The van der Waals surface area contributed by atoms with Crippen molar-refractivity contribution >= 4 is 17.3 Å². The number of anilines is 2. The zero-order valence-corrected chi connectivity index (χ0v) is 11.0. The van der Waals surface area contributed by atoms with E-state index in [9.17, 15) is 4.79 Å². The first kappa shape index (κ1) is 12.7. The summed E-state index contributed by atoms with van der Waals surface area (Å²) in [6.07, 6.45) is 2.51. The molecular formula is C14H21N3O. The largest absolute Gasteiger partial charge is 0.396 e. The zero-order chi connectivity index (χ0) is 13.3. The van der Waals surface area contributed by atoms with Crippen LogP contribution in [0.2, 0.25) is 0 Å². The van der Waals surface area contributed by atoms with Gasteiger partial charge in [-0.25, -0.2) is 0 Å². The van der Waals surface area contributed by atoms with Crippen molar-refractivity contribution < 1.29 is 4.79 Å². The zero-order valence-electron chi connectivity index (χ0n) is 11.0. The molecule has 98 valence electrons. The predicted molar refractivity (Wildman–Crippen MR) is 74.4 cm³/mol. The minimum Gasteiger partial charge on any atom is -0.396 e. The van der Waals surface area contributed by atoms with E-state index in [2.05, 4.69) is 19.2 Å². The standard InChI is InChI=1S/C14H21N3O/c1-9(2)14(6-7-14)8-17-11-5-3-4-10(12(11)15)13(16)18/h3-5,9,17H,6-8,15H2,1-2H3,(H2,16,18). The van der Waals surface area contributed by atoms with Gasteiger partial charge in [0.15, 0.2) is 0 Å². The van der Waals surface area contributed by atoms with Gasteiger partial charge in [0.05, 0.1) is 16.9 Å². The Morgan fingerprint density at radius 2 is 2.11 bits per heavy atom. The van der Waals surface area contributed by atoms with Crippen LogP contribution >= 0.6 is 0 Å². The average molecular weight is 247 g/mol. The molecule has 1 aliphatic rings. The molecule has 0 unspecified atom stereocenters. The van der Waals surface area contributed by atoms with Crippen molar-refractivity contribution in [2.75, 3.05) is 17.6 Å². The van der Waals surface area contributed by atoms with Crippen LogP contribution in [0.15, 0.2) is 18.2 Å². The summed E-state index contributed by atoms with van der Waals surface area (Å²) in [5.74, 6) is 0.173. The minimum absolute atomic E-state index is 0.384. The quantitative estimate of drug-likeness (QED) is 0.698. The Morgan fingerprint density at radius 1 is 1.44 bits per heavy atom. The van der Waals surface area contributed by atoms with Crippen LogP contribution in [0, 0.1) is 11.3 Å². The number of nitrogens with two attached hydrogens (primary N) is 2. The molecule has 4 nitrogen and oxygen atoms in total. The number of hydrogen-bond donors (Lipinski definition) is 3. The van der Waals surface area contributed by atoms with Crippen molar-refractivity contribution in [1.82, 2.24) is 0 Å². The number of hydrogen-bond acceptors (Lipinski definition) is 3. The van der Waals surface area contributed by atoms with Crippen molar-refractivity contribution in [3.63, 3.8) is 0 Å². The molecule has 1 aromatic rings. The van der Waals surface area contributed by atoms with E-state index in [1.165, 1.54) is 12.8 Å². The van der Waals surface area contributed by atoms with E-state index in [0.29, 0.717) is 22.6 Å². The van der Waals surface area contributed by atoms with Gasteiger partial charge in [0.25, 0.3) is 5.91 Å². The second kappa shape index (κ2) is 4.52. The second-order valence-electron chi connectivity index (χ2n) is 5.50. The molecule has 0 atom stereocenters. The molecule has 1 aliphatic carbocycles. The van der Waals surface area contributed by atoms with Gasteiger partial charge in [-0.3, -0.25) is 4.79 Å². The molecule has 18 heavy (non-hydrogen) atoms. The number of carbonyl (C=O) groups excluding carboxylic acids is 1. The maximum absolute atomic E-state index is 11.2. The van der Waals surface area contributed by atoms with E-state index in [4.69, 9.17) is 11.5 Å². The molecule has 0 saturated heterocycles. The number of rotatable bonds is 5. The first-order chi connectivity index (χ1) is 8.46. The van der Waals surface area contributed by atoms with Crippen LogP contribution in [0.5, 0.6) is 0 Å². The van der Waals surface area contributed by atoms with Crippen LogP contribution in [0.3, 0.4) is 0 Å². The maximum atomic E-state index is 11.2. The summed E-state index contributed by atoms with van der Waals surface area (Å²) in [5.41, 5.74) is 13.3. The second-order valence-corrected chi connectivity index (χ2v) is 5.50. The van der Waals surface area contributed by atoms with Crippen molar-refractivity contribution in [2.45, 2.75) is 26.7 Å². The van der Waals surface area contributed by atoms with Gasteiger partial charge >= 0.3 is 0 Å². The third-order valence-electron chi connectivity index (χ3n) is 4.12. The SMILES string of the molecule is CC(C)C1(CNc2cccc(C(N)=O)c2N)CC1. The summed E-state index contributed by atoms with van der Waals surface area (Å²) < 4.78 is 0. The van der Waals surface area contributed by atoms with Crippen molar-refractivity contribution in [1.29, 1.82) is 0 Å². The smallest absolute Gasteiger partial charge is 0.250 e. The fourth-order valence-corrected chi connectivity index (χ4v) is 2.32. The molecule has 0 spiro atoms. The van der Waals surface area contributed by atoms with E-state index in [1.54, 1.807) is 12.1 Å². The van der Waals surface area contributed by atoms with Crippen molar-refractivity contribution in [3.05, 3.63) is 23.8 Å². The lowest BCUT2D eigenvalue weighted by atomic mass is 9.92. The van der Waals surface area contributed by atoms with E-state index in [0.717, 1.165) is 12.2 Å². The van der Waals surface area contributed by atoms with Gasteiger partial charge in [-0.1, -0.05) is 19.9 Å². The number of primary amides is 1. The first-order valence-corrected chi connectivity index (χ1v) is 6.38. The normalized spacial score (nSPS) is 16.6. The summed E-state index contributed by atoms with van der Waals surface area (Å²) in [7, 11) is 0. The molecule has 0 aliphatic heterocycles. The molecule has 0 aromatic heterocycles. The van der Waals surface area contributed by atoms with Crippen LogP contribution in [0.25, 0.3) is 0 Å². The van der Waals surface area contributed by atoms with E-state index >= 15 is 0 Å². The van der Waals surface area contributed by atoms with Crippen LogP contribution in [0.4, 0.5) is 11.4 Å². The highest BCUT2D eigenvalue weighted by atomic mass is 16.1. The van der Waals surface area contributed by atoms with Crippen LogP contribution in [-0.4, -0.2) is 12.5 Å². The highest BCUT2D eigenvalue weighted by Crippen LogP contribution is 2.51. The molecule has 5 N–H and O–H groups in total. The highest BCUT2D eigenvalue weighted by molar-refractivity contribution is 6.00. The van der Waals surface area contributed by atoms with Gasteiger partial charge in [0.2, 0.25) is 0 Å². The molecule has 1 aromatic carbocycles. The minimum atomic E-state index is -0.485. The summed E-state index contributed by atoms with van der Waals surface area (Å²) in [6.45, 7) is 5.40. The number of carbonyl (C=O) groups is 1. The number of amides is 1. The highest BCUT2D eigenvalue weighted by Gasteiger charge is 2.44. The summed E-state index contributed by atoms with van der Waals surface area (Å²) in [5, 5.41) is 3.36. The van der Waals surface area contributed by atoms with Crippen LogP contribution in [-0.2, 0) is 0 Å². The number of para-hydroxylation sites is 1. The fourth-order valence-electron chi connectivity index (χ4n) is 2.32.